The molecule has 7 aromatic carbocycles. The van der Waals surface area contributed by atoms with Crippen LogP contribution in [0.2, 0.25) is 0 Å². The Morgan fingerprint density at radius 1 is 0.443 bits per heavy atom. The summed E-state index contributed by atoms with van der Waals surface area (Å²) in [6.07, 6.45) is 12.3. The van der Waals surface area contributed by atoms with E-state index in [-0.39, 0.29) is 30.9 Å². The van der Waals surface area contributed by atoms with Crippen LogP contribution in [0.5, 0.6) is 0 Å². The Balaban J connectivity index is 0.00000567. The predicted molar refractivity (Wildman–Crippen MR) is 286 cm³/mol. The van der Waals surface area contributed by atoms with Gasteiger partial charge < -0.3 is 0 Å². The second-order valence-corrected chi connectivity index (χ2v) is 20.2. The molecule has 0 amide bonds. The van der Waals surface area contributed by atoms with Crippen LogP contribution in [0.4, 0.5) is 0 Å². The summed E-state index contributed by atoms with van der Waals surface area (Å²) < 4.78 is 0. The van der Waals surface area contributed by atoms with E-state index in [9.17, 15) is 0 Å². The van der Waals surface area contributed by atoms with Gasteiger partial charge in [-0.3, -0.25) is 4.98 Å². The molecule has 1 atom stereocenters. The second kappa shape index (κ2) is 19.8. The van der Waals surface area contributed by atoms with E-state index in [1.54, 1.807) is 0 Å². The SMILES string of the molecule is CCCCCCc1cc(CCCCCC)cc(C2(C)c3ccc(-c4cc(-c5nc(-c6ccccc6)nc(-c6ccccc6)n5)c5cc6c(cc5n4)C(C)(C)c4ccccc4-6)[c-]c3-c3ccccc32)c1.[Ir]. The molecule has 2 heterocycles. The minimum atomic E-state index is -0.339. The molecule has 2 aromatic heterocycles. The van der Waals surface area contributed by atoms with E-state index in [0.29, 0.717) is 17.5 Å². The minimum Gasteiger partial charge on any atom is -0.287 e. The Kier molecular flexibility index (Phi) is 13.4. The molecule has 5 heteroatoms. The fraction of sp³-hybridized carbons (Fsp3) is 0.262. The van der Waals surface area contributed by atoms with Crippen molar-refractivity contribution in [3.05, 3.63) is 203 Å². The van der Waals surface area contributed by atoms with Gasteiger partial charge in [0, 0.05) is 58.7 Å². The molecular formula is C65H61IrN4-. The quantitative estimate of drug-likeness (QED) is 0.0758. The standard InChI is InChI=1S/C65H61N4.Ir/c1-6-8-10-14-24-43-36-44(25-15-11-9-7-2)38-48(37-43)65(5)56-33-23-21-31-50(56)51-39-47(34-35-57(51)65)59-41-54(53-40-52-49-30-20-22-32-55(49)64(3,4)58(52)42-60(53)66-59)63-68-61(45-26-16-12-17-27-45)67-62(69-63)46-28-18-13-19-29-46;/h12-13,16-23,26-38,40-42H,6-11,14-15,24-25H2,1-5H3;/q-1;. The summed E-state index contributed by atoms with van der Waals surface area (Å²) >= 11 is 0. The molecule has 9 aromatic rings. The molecule has 2 aliphatic rings. The maximum absolute atomic E-state index is 5.58. The molecule has 70 heavy (non-hydrogen) atoms. The summed E-state index contributed by atoms with van der Waals surface area (Å²) in [6, 6.07) is 61.4. The van der Waals surface area contributed by atoms with Crippen LogP contribution in [0.25, 0.3) is 78.6 Å². The second-order valence-electron chi connectivity index (χ2n) is 20.2. The van der Waals surface area contributed by atoms with Gasteiger partial charge in [0.05, 0.1) is 5.52 Å². The van der Waals surface area contributed by atoms with E-state index < -0.39 is 0 Å². The van der Waals surface area contributed by atoms with Crippen molar-refractivity contribution in [2.24, 2.45) is 0 Å². The molecule has 1 radical (unpaired) electrons. The van der Waals surface area contributed by atoms with Crippen LogP contribution < -0.4 is 0 Å². The number of aryl methyl sites for hydroxylation is 2. The van der Waals surface area contributed by atoms with Crippen molar-refractivity contribution in [3.63, 3.8) is 0 Å². The van der Waals surface area contributed by atoms with Gasteiger partial charge in [0.2, 0.25) is 0 Å². The molecule has 0 spiro atoms. The topological polar surface area (TPSA) is 51.6 Å². The third-order valence-corrected chi connectivity index (χ3v) is 15.2. The average Bonchev–Trinajstić information content (AvgIpc) is 3.78. The number of benzene rings is 7. The molecule has 351 valence electrons. The average molecular weight is 1090 g/mol. The molecule has 4 nitrogen and oxygen atoms in total. The summed E-state index contributed by atoms with van der Waals surface area (Å²) in [6.45, 7) is 11.7. The van der Waals surface area contributed by atoms with Crippen LogP contribution in [0.3, 0.4) is 0 Å². The Hall–Kier alpha value is -6.39. The van der Waals surface area contributed by atoms with Crippen molar-refractivity contribution in [1.82, 2.24) is 19.9 Å². The van der Waals surface area contributed by atoms with Gasteiger partial charge in [-0.2, -0.15) is 0 Å². The Morgan fingerprint density at radius 2 is 1.01 bits per heavy atom. The summed E-state index contributed by atoms with van der Waals surface area (Å²) in [5.74, 6) is 1.88. The maximum atomic E-state index is 5.58. The maximum Gasteiger partial charge on any atom is 0.164 e. The molecule has 2 aliphatic carbocycles. The molecular weight excluding hydrogens is 1030 g/mol. The number of aromatic nitrogens is 4. The first-order valence-electron chi connectivity index (χ1n) is 25.5. The van der Waals surface area contributed by atoms with Crippen LogP contribution in [-0.4, -0.2) is 19.9 Å². The van der Waals surface area contributed by atoms with E-state index in [1.165, 1.54) is 107 Å². The van der Waals surface area contributed by atoms with Crippen molar-refractivity contribution in [1.29, 1.82) is 0 Å². The first-order valence-corrected chi connectivity index (χ1v) is 25.5. The van der Waals surface area contributed by atoms with Gasteiger partial charge in [0.25, 0.3) is 0 Å². The van der Waals surface area contributed by atoms with E-state index >= 15 is 0 Å². The monoisotopic (exact) mass is 1090 g/mol. The normalized spacial score (nSPS) is 15.0. The molecule has 0 N–H and O–H groups in total. The van der Waals surface area contributed by atoms with Crippen LogP contribution in [-0.2, 0) is 43.8 Å². The minimum absolute atomic E-state index is 0. The Labute approximate surface area is 428 Å². The first kappa shape index (κ1) is 47.3. The molecule has 1 unspecified atom stereocenters. The third-order valence-electron chi connectivity index (χ3n) is 15.2. The zero-order chi connectivity index (χ0) is 47.1. The number of hydrogen-bond donors (Lipinski definition) is 0. The first-order chi connectivity index (χ1) is 33.7. The van der Waals surface area contributed by atoms with Gasteiger partial charge in [0.15, 0.2) is 17.5 Å². The molecule has 0 aliphatic heterocycles. The molecule has 11 rings (SSSR count). The van der Waals surface area contributed by atoms with Crippen LogP contribution in [0, 0.1) is 6.07 Å². The van der Waals surface area contributed by atoms with E-state index in [0.717, 1.165) is 57.3 Å². The van der Waals surface area contributed by atoms with Crippen molar-refractivity contribution in [3.8, 4) is 67.7 Å². The Morgan fingerprint density at radius 3 is 1.64 bits per heavy atom. The van der Waals surface area contributed by atoms with E-state index in [2.05, 4.69) is 162 Å². The molecule has 0 saturated heterocycles. The van der Waals surface area contributed by atoms with Crippen LogP contribution in [0.15, 0.2) is 158 Å². The number of fused-ring (bicyclic) bond motifs is 7. The smallest absolute Gasteiger partial charge is 0.164 e. The van der Waals surface area contributed by atoms with E-state index in [4.69, 9.17) is 19.9 Å². The summed E-state index contributed by atoms with van der Waals surface area (Å²) in [5, 5.41) is 1.01. The van der Waals surface area contributed by atoms with Crippen LogP contribution >= 0.6 is 0 Å². The summed E-state index contributed by atoms with van der Waals surface area (Å²) in [7, 11) is 0. The molecule has 0 bridgehead atoms. The zero-order valence-electron chi connectivity index (χ0n) is 41.2. The van der Waals surface area contributed by atoms with Crippen molar-refractivity contribution < 1.29 is 20.1 Å². The van der Waals surface area contributed by atoms with Crippen molar-refractivity contribution >= 4 is 10.9 Å². The fourth-order valence-electron chi connectivity index (χ4n) is 11.4. The summed E-state index contributed by atoms with van der Waals surface area (Å²) in [4.78, 5) is 21.3. The van der Waals surface area contributed by atoms with Crippen molar-refractivity contribution in [2.45, 2.75) is 110 Å². The molecule has 0 saturated carbocycles. The number of rotatable bonds is 15. The number of unbranched alkanes of at least 4 members (excludes halogenated alkanes) is 6. The zero-order valence-corrected chi connectivity index (χ0v) is 43.6. The number of nitrogens with zero attached hydrogens (tertiary/aromatic N) is 4. The van der Waals surface area contributed by atoms with Gasteiger partial charge in [-0.05, 0) is 76.8 Å². The van der Waals surface area contributed by atoms with E-state index in [1.807, 2.05) is 36.4 Å². The van der Waals surface area contributed by atoms with Gasteiger partial charge in [-0.1, -0.05) is 229 Å². The third kappa shape index (κ3) is 8.56. The van der Waals surface area contributed by atoms with Gasteiger partial charge in [-0.15, -0.1) is 23.8 Å². The Bertz CT molecular complexity index is 3270. The number of hydrogen-bond acceptors (Lipinski definition) is 4. The van der Waals surface area contributed by atoms with Gasteiger partial charge in [0.1, 0.15) is 0 Å². The predicted octanol–water partition coefficient (Wildman–Crippen LogP) is 16.8. The number of pyridine rings is 1. The largest absolute Gasteiger partial charge is 0.287 e. The van der Waals surface area contributed by atoms with Gasteiger partial charge >= 0.3 is 0 Å². The van der Waals surface area contributed by atoms with Gasteiger partial charge in [-0.25, -0.2) is 15.0 Å². The van der Waals surface area contributed by atoms with Crippen molar-refractivity contribution in [2.75, 3.05) is 0 Å². The van der Waals surface area contributed by atoms with Crippen LogP contribution in [0.1, 0.15) is 125 Å². The fourth-order valence-corrected chi connectivity index (χ4v) is 11.4. The molecule has 0 fully saturated rings. The summed E-state index contributed by atoms with van der Waals surface area (Å²) in [5.41, 5.74) is 19.4.